The molecule has 0 saturated heterocycles. The Balaban J connectivity index is 1.61. The number of rotatable bonds is 9. The Kier molecular flexibility index (Phi) is 8.67. The summed E-state index contributed by atoms with van der Waals surface area (Å²) in [4.78, 5) is 41.7. The third-order valence-corrected chi connectivity index (χ3v) is 6.97. The van der Waals surface area contributed by atoms with Crippen LogP contribution in [0.2, 0.25) is 0 Å². The second-order valence-corrected chi connectivity index (χ2v) is 10.0. The quantitative estimate of drug-likeness (QED) is 0.0625. The molecule has 0 fully saturated rings. The van der Waals surface area contributed by atoms with E-state index in [-0.39, 0.29) is 22.8 Å². The van der Waals surface area contributed by atoms with Gasteiger partial charge in [0.1, 0.15) is 5.75 Å². The lowest BCUT2D eigenvalue weighted by Crippen LogP contribution is -2.20. The van der Waals surface area contributed by atoms with Gasteiger partial charge in [-0.25, -0.2) is 9.78 Å². The summed E-state index contributed by atoms with van der Waals surface area (Å²) in [6.45, 7) is 0. The maximum atomic E-state index is 13.7. The molecule has 12 nitrogen and oxygen atoms in total. The molecule has 0 unspecified atom stereocenters. The smallest absolute Gasteiger partial charge is 0.343 e. The predicted octanol–water partition coefficient (Wildman–Crippen LogP) is 5.86. The second kappa shape index (κ2) is 12.8. The van der Waals surface area contributed by atoms with Crippen LogP contribution >= 0.6 is 15.9 Å². The Morgan fingerprint density at radius 1 is 0.932 bits per heavy atom. The van der Waals surface area contributed by atoms with E-state index in [1.807, 2.05) is 0 Å². The van der Waals surface area contributed by atoms with E-state index in [1.165, 1.54) is 51.8 Å². The monoisotopic (exact) mass is 658 g/mol. The summed E-state index contributed by atoms with van der Waals surface area (Å²) in [5, 5.41) is 15.8. The number of non-ortho nitro benzene ring substituents is 1. The lowest BCUT2D eigenvalue weighted by Gasteiger charge is -2.15. The van der Waals surface area contributed by atoms with Crippen LogP contribution in [0.15, 0.2) is 93.2 Å². The molecule has 1 heterocycles. The number of para-hydroxylation sites is 1. The molecule has 0 atom stereocenters. The molecule has 0 aliphatic carbocycles. The molecule has 0 radical (unpaired) electrons. The van der Waals surface area contributed by atoms with Crippen molar-refractivity contribution in [1.82, 2.24) is 9.66 Å². The summed E-state index contributed by atoms with van der Waals surface area (Å²) < 4.78 is 23.8. The molecule has 44 heavy (non-hydrogen) atoms. The van der Waals surface area contributed by atoms with E-state index >= 15 is 0 Å². The molecule has 4 aromatic carbocycles. The van der Waals surface area contributed by atoms with Gasteiger partial charge in [0.25, 0.3) is 11.2 Å². The van der Waals surface area contributed by atoms with Gasteiger partial charge in [-0.1, -0.05) is 28.1 Å². The van der Waals surface area contributed by atoms with Gasteiger partial charge in [-0.15, -0.1) is 0 Å². The molecule has 0 aliphatic rings. The van der Waals surface area contributed by atoms with Gasteiger partial charge in [-0.3, -0.25) is 14.9 Å². The first-order chi connectivity index (χ1) is 21.2. The number of hydrogen-bond acceptors (Lipinski definition) is 10. The van der Waals surface area contributed by atoms with Crippen LogP contribution in [0.25, 0.3) is 22.3 Å². The van der Waals surface area contributed by atoms with Crippen molar-refractivity contribution >= 4 is 44.7 Å². The number of methoxy groups -OCH3 is 3. The zero-order valence-electron chi connectivity index (χ0n) is 23.5. The number of nitro benzene ring substituents is 1. The Labute approximate surface area is 258 Å². The number of nitro groups is 1. The molecule has 0 aliphatic heterocycles. The fourth-order valence-corrected chi connectivity index (χ4v) is 4.72. The summed E-state index contributed by atoms with van der Waals surface area (Å²) in [5.74, 6) is 0.657. The van der Waals surface area contributed by atoms with Crippen LogP contribution in [0, 0.1) is 10.1 Å². The zero-order chi connectivity index (χ0) is 31.4. The number of carbonyl (C=O) groups is 1. The summed E-state index contributed by atoms with van der Waals surface area (Å²) in [6, 6.07) is 20.1. The van der Waals surface area contributed by atoms with Crippen molar-refractivity contribution in [2.24, 2.45) is 5.10 Å². The summed E-state index contributed by atoms with van der Waals surface area (Å²) in [6.07, 6.45) is 1.36. The molecule has 0 N–H and O–H groups in total. The number of esters is 1. The SMILES string of the molecule is COc1cc(-c2nc3ccccc3c(=O)n2N=Cc2cc(Br)ccc2OC(=O)c2ccc([N+](=O)[O-])cc2)cc(OC)c1OC. The van der Waals surface area contributed by atoms with Crippen molar-refractivity contribution in [2.45, 2.75) is 0 Å². The van der Waals surface area contributed by atoms with Crippen molar-refractivity contribution in [1.29, 1.82) is 0 Å². The van der Waals surface area contributed by atoms with Gasteiger partial charge < -0.3 is 18.9 Å². The number of carbonyl (C=O) groups excluding carboxylic acids is 1. The first kappa shape index (κ1) is 29.9. The average molecular weight is 659 g/mol. The first-order valence-electron chi connectivity index (χ1n) is 12.9. The standard InChI is InChI=1S/C31H23BrN4O8/c1-41-26-15-19(16-27(42-2)28(26)43-3)29-34-24-7-5-4-6-23(24)30(37)35(29)33-17-20-14-21(32)10-13-25(20)44-31(38)18-8-11-22(12-9-18)36(39)40/h4-17H,1-3H3. The van der Waals surface area contributed by atoms with Gasteiger partial charge in [0.2, 0.25) is 5.75 Å². The van der Waals surface area contributed by atoms with E-state index in [4.69, 9.17) is 23.9 Å². The van der Waals surface area contributed by atoms with Crippen molar-refractivity contribution < 1.29 is 28.7 Å². The Morgan fingerprint density at radius 3 is 2.25 bits per heavy atom. The highest BCUT2D eigenvalue weighted by Gasteiger charge is 2.19. The highest BCUT2D eigenvalue weighted by atomic mass is 79.9. The number of aromatic nitrogens is 2. The predicted molar refractivity (Wildman–Crippen MR) is 166 cm³/mol. The summed E-state index contributed by atoms with van der Waals surface area (Å²) >= 11 is 3.41. The molecule has 5 aromatic rings. The van der Waals surface area contributed by atoms with Crippen LogP contribution in [0.3, 0.4) is 0 Å². The van der Waals surface area contributed by atoms with Gasteiger partial charge in [-0.2, -0.15) is 9.78 Å². The molecule has 1 aromatic heterocycles. The molecule has 13 heteroatoms. The first-order valence-corrected chi connectivity index (χ1v) is 13.7. The van der Waals surface area contributed by atoms with E-state index in [1.54, 1.807) is 54.6 Å². The molecule has 0 saturated carbocycles. The minimum atomic E-state index is -0.737. The fraction of sp³-hybridized carbons (Fsp3) is 0.0968. The van der Waals surface area contributed by atoms with Crippen LogP contribution < -0.4 is 24.5 Å². The number of ether oxygens (including phenoxy) is 4. The molecule has 0 amide bonds. The summed E-state index contributed by atoms with van der Waals surface area (Å²) in [7, 11) is 4.44. The molecule has 5 rings (SSSR count). The number of benzene rings is 4. The van der Waals surface area contributed by atoms with E-state index in [0.717, 1.165) is 4.68 Å². The lowest BCUT2D eigenvalue weighted by atomic mass is 10.1. The van der Waals surface area contributed by atoms with Crippen molar-refractivity contribution in [2.75, 3.05) is 21.3 Å². The van der Waals surface area contributed by atoms with Crippen molar-refractivity contribution in [3.63, 3.8) is 0 Å². The minimum Gasteiger partial charge on any atom is -0.493 e. The highest BCUT2D eigenvalue weighted by molar-refractivity contribution is 9.10. The largest absolute Gasteiger partial charge is 0.493 e. The van der Waals surface area contributed by atoms with Crippen LogP contribution in [0.5, 0.6) is 23.0 Å². The highest BCUT2D eigenvalue weighted by Crippen LogP contribution is 2.41. The number of halogens is 1. The normalized spacial score (nSPS) is 11.0. The average Bonchev–Trinajstić information content (AvgIpc) is 3.04. The molecular formula is C31H23BrN4O8. The van der Waals surface area contributed by atoms with Gasteiger partial charge in [-0.05, 0) is 54.6 Å². The van der Waals surface area contributed by atoms with Crippen molar-refractivity contribution in [3.05, 3.63) is 115 Å². The van der Waals surface area contributed by atoms with Crippen LogP contribution in [0.1, 0.15) is 15.9 Å². The van der Waals surface area contributed by atoms with E-state index < -0.39 is 16.5 Å². The number of nitrogens with zero attached hydrogens (tertiary/aromatic N) is 4. The Morgan fingerprint density at radius 2 is 1.61 bits per heavy atom. The van der Waals surface area contributed by atoms with Gasteiger partial charge in [0.15, 0.2) is 17.3 Å². The zero-order valence-corrected chi connectivity index (χ0v) is 25.1. The van der Waals surface area contributed by atoms with Crippen LogP contribution in [-0.4, -0.2) is 48.1 Å². The van der Waals surface area contributed by atoms with Crippen LogP contribution in [0.4, 0.5) is 5.69 Å². The molecule has 0 spiro atoms. The lowest BCUT2D eigenvalue weighted by molar-refractivity contribution is -0.384. The maximum absolute atomic E-state index is 13.7. The topological polar surface area (TPSA) is 144 Å². The molecular weight excluding hydrogens is 636 g/mol. The van der Waals surface area contributed by atoms with Gasteiger partial charge in [0.05, 0.1) is 48.9 Å². The van der Waals surface area contributed by atoms with E-state index in [0.29, 0.717) is 43.8 Å². The van der Waals surface area contributed by atoms with Crippen molar-refractivity contribution in [3.8, 4) is 34.4 Å². The Bertz CT molecular complexity index is 1970. The number of fused-ring (bicyclic) bond motifs is 1. The van der Waals surface area contributed by atoms with Gasteiger partial charge >= 0.3 is 5.97 Å². The number of hydrogen-bond donors (Lipinski definition) is 0. The second-order valence-electron chi connectivity index (χ2n) is 9.10. The van der Waals surface area contributed by atoms with E-state index in [2.05, 4.69) is 21.0 Å². The van der Waals surface area contributed by atoms with Gasteiger partial charge in [0, 0.05) is 27.7 Å². The maximum Gasteiger partial charge on any atom is 0.343 e. The Hall–Kier alpha value is -5.56. The molecule has 0 bridgehead atoms. The van der Waals surface area contributed by atoms with Crippen LogP contribution in [-0.2, 0) is 0 Å². The van der Waals surface area contributed by atoms with E-state index in [9.17, 15) is 19.7 Å². The molecule has 222 valence electrons. The third kappa shape index (κ3) is 5.99. The summed E-state index contributed by atoms with van der Waals surface area (Å²) in [5.41, 5.74) is 0.767. The minimum absolute atomic E-state index is 0.112. The fourth-order valence-electron chi connectivity index (χ4n) is 4.34. The third-order valence-electron chi connectivity index (χ3n) is 6.48.